The molecule has 13 heteroatoms. The predicted molar refractivity (Wildman–Crippen MR) is 140 cm³/mol. The summed E-state index contributed by atoms with van der Waals surface area (Å²) in [5, 5.41) is 13.6. The lowest BCUT2D eigenvalue weighted by Crippen LogP contribution is -2.32. The van der Waals surface area contributed by atoms with Gasteiger partial charge in [0.05, 0.1) is 20.0 Å². The molecule has 1 aliphatic heterocycles. The van der Waals surface area contributed by atoms with E-state index in [0.717, 1.165) is 11.8 Å². The van der Waals surface area contributed by atoms with Crippen LogP contribution in [0.1, 0.15) is 5.56 Å². The molecule has 0 radical (unpaired) electrons. The average Bonchev–Trinajstić information content (AvgIpc) is 3.13. The maximum absolute atomic E-state index is 12.8. The Morgan fingerprint density at radius 3 is 2.44 bits per heavy atom. The van der Waals surface area contributed by atoms with Crippen LogP contribution in [0.4, 0.5) is 0 Å². The number of amidine groups is 1. The van der Waals surface area contributed by atoms with E-state index in [9.17, 15) is 14.4 Å². The summed E-state index contributed by atoms with van der Waals surface area (Å²) in [4.78, 5) is 37.4. The number of aliphatic carboxylic acids is 1. The summed E-state index contributed by atoms with van der Waals surface area (Å²) >= 11 is 18.9. The summed E-state index contributed by atoms with van der Waals surface area (Å²) in [6.45, 7) is 2.96. The smallest absolute Gasteiger partial charge is 0.341 e. The van der Waals surface area contributed by atoms with Crippen molar-refractivity contribution in [2.75, 3.05) is 19.8 Å². The number of nitrogens with zero attached hydrogens (tertiary/aromatic N) is 2. The van der Waals surface area contributed by atoms with Gasteiger partial charge in [0.2, 0.25) is 0 Å². The summed E-state index contributed by atoms with van der Waals surface area (Å²) in [7, 11) is 0. The van der Waals surface area contributed by atoms with Crippen molar-refractivity contribution in [3.8, 4) is 11.5 Å². The first-order chi connectivity index (χ1) is 17.2. The molecule has 0 aromatic heterocycles. The van der Waals surface area contributed by atoms with Gasteiger partial charge < -0.3 is 14.6 Å². The van der Waals surface area contributed by atoms with Crippen LogP contribution < -0.4 is 14.9 Å². The maximum atomic E-state index is 12.8. The minimum Gasteiger partial charge on any atom is -0.482 e. The van der Waals surface area contributed by atoms with Gasteiger partial charge in [-0.05, 0) is 41.6 Å². The van der Waals surface area contributed by atoms with Gasteiger partial charge in [-0.25, -0.2) is 10.2 Å². The molecule has 2 aromatic carbocycles. The Hall–Kier alpha value is -3.18. The molecule has 9 nitrogen and oxygen atoms in total. The number of nitrogens with one attached hydrogen (secondary N) is 1. The minimum absolute atomic E-state index is 0.176. The molecule has 0 bridgehead atoms. The van der Waals surface area contributed by atoms with Crippen LogP contribution in [0, 0.1) is 0 Å². The maximum Gasteiger partial charge on any atom is 0.341 e. The van der Waals surface area contributed by atoms with Crippen LogP contribution >= 0.6 is 46.6 Å². The molecule has 0 unspecified atom stereocenters. The van der Waals surface area contributed by atoms with Gasteiger partial charge in [0.25, 0.3) is 11.8 Å². The number of hydrazone groups is 1. The topological polar surface area (TPSA) is 118 Å². The third kappa shape index (κ3) is 7.41. The molecule has 0 atom stereocenters. The van der Waals surface area contributed by atoms with Crippen LogP contribution in [0.25, 0.3) is 6.08 Å². The second-order valence-corrected chi connectivity index (χ2v) is 9.21. The number of amides is 2. The predicted octanol–water partition coefficient (Wildman–Crippen LogP) is 4.68. The number of carboxylic acids is 1. The lowest BCUT2D eigenvalue weighted by atomic mass is 10.2. The molecular weight excluding hydrogens is 553 g/mol. The lowest BCUT2D eigenvalue weighted by Gasteiger charge is -2.12. The first-order valence-electron chi connectivity index (χ1n) is 10.1. The number of benzene rings is 2. The number of thioether (sulfide) groups is 1. The van der Waals surface area contributed by atoms with Gasteiger partial charge in [-0.15, -0.1) is 11.7 Å². The van der Waals surface area contributed by atoms with Crippen LogP contribution in [-0.4, -0.2) is 52.7 Å². The fourth-order valence-electron chi connectivity index (χ4n) is 2.74. The molecule has 2 amide bonds. The largest absolute Gasteiger partial charge is 0.482 e. The zero-order valence-electron chi connectivity index (χ0n) is 18.4. The van der Waals surface area contributed by atoms with Gasteiger partial charge in [0, 0.05) is 12.6 Å². The fraction of sp³-hybridized carbons (Fsp3) is 0.130. The highest BCUT2D eigenvalue weighted by atomic mass is 35.5. The van der Waals surface area contributed by atoms with Crippen molar-refractivity contribution >= 4 is 75.6 Å². The summed E-state index contributed by atoms with van der Waals surface area (Å²) in [5.74, 6) is -1.44. The molecule has 3 rings (SSSR count). The van der Waals surface area contributed by atoms with Crippen molar-refractivity contribution in [3.63, 3.8) is 0 Å². The Balaban J connectivity index is 1.66. The highest BCUT2D eigenvalue weighted by Crippen LogP contribution is 2.34. The number of halogens is 3. The zero-order valence-corrected chi connectivity index (χ0v) is 21.5. The van der Waals surface area contributed by atoms with E-state index in [1.807, 2.05) is 0 Å². The van der Waals surface area contributed by atoms with Gasteiger partial charge in [0.15, 0.2) is 18.4 Å². The Morgan fingerprint density at radius 2 is 1.78 bits per heavy atom. The highest BCUT2D eigenvalue weighted by molar-refractivity contribution is 8.18. The molecule has 0 saturated carbocycles. The Bertz CT molecular complexity index is 1250. The van der Waals surface area contributed by atoms with E-state index in [1.165, 1.54) is 23.1 Å². The molecule has 188 valence electrons. The van der Waals surface area contributed by atoms with E-state index in [2.05, 4.69) is 17.1 Å². The van der Waals surface area contributed by atoms with Gasteiger partial charge in [-0.3, -0.25) is 14.5 Å². The number of rotatable bonds is 10. The quantitative estimate of drug-likeness (QED) is 0.184. The fourth-order valence-corrected chi connectivity index (χ4v) is 4.28. The second kappa shape index (κ2) is 12.7. The molecular formula is C23H18Cl3N3O6S. The third-order valence-corrected chi connectivity index (χ3v) is 6.37. The standard InChI is InChI=1S/C23H18Cl3N3O6S/c1-2-7-29-22(33)19(8-13-3-5-14(6-4-13)34-12-21(31)32)36-23(29)28-27-20(30)11-35-18-10-16(25)15(24)9-17(18)26/h2-6,8-10H,1,7,11-12H2,(H,27,30)(H,31,32). The average molecular weight is 571 g/mol. The van der Waals surface area contributed by atoms with E-state index < -0.39 is 25.1 Å². The van der Waals surface area contributed by atoms with Crippen molar-refractivity contribution in [2.24, 2.45) is 5.10 Å². The molecule has 2 N–H and O–H groups in total. The summed E-state index contributed by atoms with van der Waals surface area (Å²) in [6, 6.07) is 9.34. The Kier molecular flexibility index (Phi) is 9.65. The Morgan fingerprint density at radius 1 is 1.08 bits per heavy atom. The van der Waals surface area contributed by atoms with Gasteiger partial charge >= 0.3 is 5.97 Å². The minimum atomic E-state index is -1.08. The van der Waals surface area contributed by atoms with E-state index in [4.69, 9.17) is 49.4 Å². The lowest BCUT2D eigenvalue weighted by molar-refractivity contribution is -0.139. The molecule has 36 heavy (non-hydrogen) atoms. The molecule has 0 aliphatic carbocycles. The van der Waals surface area contributed by atoms with E-state index in [0.29, 0.717) is 16.2 Å². The van der Waals surface area contributed by atoms with Crippen molar-refractivity contribution in [3.05, 3.63) is 74.6 Å². The SMILES string of the molecule is C=CCN1C(=O)C(=Cc2ccc(OCC(=O)O)cc2)SC1=NNC(=O)COc1cc(Cl)c(Cl)cc1Cl. The van der Waals surface area contributed by atoms with E-state index in [1.54, 1.807) is 30.3 Å². The molecule has 1 aliphatic rings. The number of carbonyl (C=O) groups excluding carboxylic acids is 2. The van der Waals surface area contributed by atoms with Crippen LogP contribution in [0.3, 0.4) is 0 Å². The monoisotopic (exact) mass is 569 g/mol. The van der Waals surface area contributed by atoms with Crippen molar-refractivity contribution in [2.45, 2.75) is 0 Å². The normalized spacial score (nSPS) is 15.3. The van der Waals surface area contributed by atoms with Crippen molar-refractivity contribution in [1.29, 1.82) is 0 Å². The molecule has 1 saturated heterocycles. The Labute approximate surface area is 225 Å². The number of hydrogen-bond acceptors (Lipinski definition) is 7. The summed E-state index contributed by atoms with van der Waals surface area (Å²) < 4.78 is 10.5. The first-order valence-corrected chi connectivity index (χ1v) is 12.0. The van der Waals surface area contributed by atoms with E-state index in [-0.39, 0.29) is 38.4 Å². The third-order valence-electron chi connectivity index (χ3n) is 4.35. The number of carboxylic acid groups (broad SMARTS) is 1. The summed E-state index contributed by atoms with van der Waals surface area (Å²) in [6.07, 6.45) is 3.17. The molecule has 1 heterocycles. The van der Waals surface area contributed by atoms with Gasteiger partial charge in [-0.2, -0.15) is 0 Å². The number of hydrogen-bond donors (Lipinski definition) is 2. The second-order valence-electron chi connectivity index (χ2n) is 6.98. The van der Waals surface area contributed by atoms with Crippen molar-refractivity contribution < 1.29 is 29.0 Å². The highest BCUT2D eigenvalue weighted by Gasteiger charge is 2.33. The van der Waals surface area contributed by atoms with E-state index >= 15 is 0 Å². The van der Waals surface area contributed by atoms with Crippen molar-refractivity contribution in [1.82, 2.24) is 10.3 Å². The molecule has 0 spiro atoms. The zero-order chi connectivity index (χ0) is 26.2. The molecule has 1 fully saturated rings. The van der Waals surface area contributed by atoms with Gasteiger partial charge in [-0.1, -0.05) is 53.0 Å². The van der Waals surface area contributed by atoms with Crippen LogP contribution in [0.15, 0.2) is 59.1 Å². The number of ether oxygens (including phenoxy) is 2. The van der Waals surface area contributed by atoms with Crippen LogP contribution in [0.2, 0.25) is 15.1 Å². The first kappa shape index (κ1) is 27.4. The van der Waals surface area contributed by atoms with Gasteiger partial charge in [0.1, 0.15) is 11.5 Å². The molecule has 2 aromatic rings. The number of carbonyl (C=O) groups is 3. The van der Waals surface area contributed by atoms with Crippen LogP contribution in [-0.2, 0) is 14.4 Å². The van der Waals surface area contributed by atoms with Crippen LogP contribution in [0.5, 0.6) is 11.5 Å². The summed E-state index contributed by atoms with van der Waals surface area (Å²) in [5.41, 5.74) is 3.03.